The number of hydrogen-bond donors (Lipinski definition) is 0. The highest BCUT2D eigenvalue weighted by molar-refractivity contribution is 7.89. The van der Waals surface area contributed by atoms with Crippen LogP contribution in [0.2, 0.25) is 0 Å². The van der Waals surface area contributed by atoms with Gasteiger partial charge in [-0.05, 0) is 37.5 Å². The fourth-order valence-corrected chi connectivity index (χ4v) is 5.46. The Morgan fingerprint density at radius 1 is 0.966 bits per heavy atom. The van der Waals surface area contributed by atoms with Gasteiger partial charge in [0, 0.05) is 19.6 Å². The zero-order chi connectivity index (χ0) is 20.9. The van der Waals surface area contributed by atoms with Crippen LogP contribution in [-0.2, 0) is 21.4 Å². The van der Waals surface area contributed by atoms with E-state index in [0.717, 1.165) is 43.2 Å². The van der Waals surface area contributed by atoms with Gasteiger partial charge in [-0.25, -0.2) is 8.42 Å². The summed E-state index contributed by atoms with van der Waals surface area (Å²) >= 11 is 0. The van der Waals surface area contributed by atoms with Crippen LogP contribution in [0, 0.1) is 6.92 Å². The molecule has 0 atom stereocenters. The maximum atomic E-state index is 13.4. The summed E-state index contributed by atoms with van der Waals surface area (Å²) in [5.41, 5.74) is 2.03. The van der Waals surface area contributed by atoms with Crippen molar-refractivity contribution in [3.63, 3.8) is 0 Å². The van der Waals surface area contributed by atoms with Crippen LogP contribution in [0.15, 0.2) is 59.5 Å². The highest BCUT2D eigenvalue weighted by Gasteiger charge is 2.34. The Labute approximate surface area is 174 Å². The topological polar surface area (TPSA) is 57.7 Å². The van der Waals surface area contributed by atoms with Gasteiger partial charge in [-0.2, -0.15) is 4.31 Å². The zero-order valence-corrected chi connectivity index (χ0v) is 18.1. The molecule has 0 saturated heterocycles. The molecule has 0 aromatic heterocycles. The van der Waals surface area contributed by atoms with Gasteiger partial charge in [0.2, 0.25) is 15.9 Å². The van der Waals surface area contributed by atoms with Crippen LogP contribution in [0.3, 0.4) is 0 Å². The molecule has 0 N–H and O–H groups in total. The number of aryl methyl sites for hydroxylation is 1. The average molecular weight is 415 g/mol. The lowest BCUT2D eigenvalue weighted by Gasteiger charge is -2.34. The molecule has 2 aromatic carbocycles. The fraction of sp³-hybridized carbons (Fsp3) is 0.435. The second kappa shape index (κ2) is 9.55. The number of amides is 1. The Morgan fingerprint density at radius 2 is 1.59 bits per heavy atom. The molecular weight excluding hydrogens is 384 g/mol. The third kappa shape index (κ3) is 5.46. The van der Waals surface area contributed by atoms with Crippen molar-refractivity contribution in [2.75, 3.05) is 13.6 Å². The number of likely N-dealkylation sites (N-methyl/N-ethyl adjacent to an activating group) is 1. The molecule has 6 heteroatoms. The normalized spacial score (nSPS) is 15.4. The maximum absolute atomic E-state index is 13.4. The molecule has 1 aliphatic carbocycles. The Bertz CT molecular complexity index is 905. The molecule has 2 aromatic rings. The largest absolute Gasteiger partial charge is 0.340 e. The van der Waals surface area contributed by atoms with Crippen molar-refractivity contribution in [3.8, 4) is 0 Å². The number of carbonyl (C=O) groups is 1. The van der Waals surface area contributed by atoms with Crippen molar-refractivity contribution in [2.45, 2.75) is 56.5 Å². The van der Waals surface area contributed by atoms with Gasteiger partial charge in [0.25, 0.3) is 0 Å². The summed E-state index contributed by atoms with van der Waals surface area (Å²) in [4.78, 5) is 14.8. The molecular formula is C23H30N2O3S. The Balaban J connectivity index is 1.81. The molecule has 1 fully saturated rings. The van der Waals surface area contributed by atoms with E-state index >= 15 is 0 Å². The summed E-state index contributed by atoms with van der Waals surface area (Å²) < 4.78 is 28.3. The van der Waals surface area contributed by atoms with Gasteiger partial charge >= 0.3 is 0 Å². The third-order valence-corrected chi connectivity index (χ3v) is 7.50. The first-order valence-corrected chi connectivity index (χ1v) is 11.7. The van der Waals surface area contributed by atoms with Crippen molar-refractivity contribution in [3.05, 3.63) is 65.7 Å². The number of benzene rings is 2. The number of rotatable bonds is 7. The lowest BCUT2D eigenvalue weighted by Crippen LogP contribution is -2.47. The van der Waals surface area contributed by atoms with Gasteiger partial charge in [0.15, 0.2) is 0 Å². The molecule has 156 valence electrons. The first kappa shape index (κ1) is 21.5. The van der Waals surface area contributed by atoms with Crippen molar-refractivity contribution >= 4 is 15.9 Å². The zero-order valence-electron chi connectivity index (χ0n) is 17.3. The van der Waals surface area contributed by atoms with Gasteiger partial charge in [-0.3, -0.25) is 4.79 Å². The standard InChI is InChI=1S/C23H30N2O3S/c1-19-13-15-22(16-14-19)29(27,28)25(21-11-7-4-8-12-21)18-23(26)24(2)17-20-9-5-3-6-10-20/h3,5-6,9-10,13-16,21H,4,7-8,11-12,17-18H2,1-2H3. The second-order valence-corrected chi connectivity index (χ2v) is 9.78. The second-order valence-electron chi connectivity index (χ2n) is 7.89. The molecule has 29 heavy (non-hydrogen) atoms. The van der Waals surface area contributed by atoms with Gasteiger partial charge in [0.05, 0.1) is 11.4 Å². The molecule has 0 heterocycles. The van der Waals surface area contributed by atoms with Gasteiger partial charge < -0.3 is 4.90 Å². The predicted molar refractivity (Wildman–Crippen MR) is 115 cm³/mol. The SMILES string of the molecule is Cc1ccc(S(=O)(=O)N(CC(=O)N(C)Cc2ccccc2)C2CCCCC2)cc1. The molecule has 0 radical (unpaired) electrons. The van der Waals surface area contributed by atoms with Crippen LogP contribution < -0.4 is 0 Å². The van der Waals surface area contributed by atoms with E-state index in [0.29, 0.717) is 6.54 Å². The van der Waals surface area contributed by atoms with Crippen LogP contribution in [0.4, 0.5) is 0 Å². The molecule has 1 aliphatic rings. The van der Waals surface area contributed by atoms with E-state index < -0.39 is 10.0 Å². The van der Waals surface area contributed by atoms with E-state index in [2.05, 4.69) is 0 Å². The highest BCUT2D eigenvalue weighted by Crippen LogP contribution is 2.28. The molecule has 0 spiro atoms. The van der Waals surface area contributed by atoms with Crippen LogP contribution in [0.1, 0.15) is 43.2 Å². The number of nitrogens with zero attached hydrogens (tertiary/aromatic N) is 2. The summed E-state index contributed by atoms with van der Waals surface area (Å²) in [6, 6.07) is 16.5. The average Bonchev–Trinajstić information content (AvgIpc) is 2.73. The number of sulfonamides is 1. The van der Waals surface area contributed by atoms with Crippen molar-refractivity contribution < 1.29 is 13.2 Å². The summed E-state index contributed by atoms with van der Waals surface area (Å²) in [5, 5.41) is 0. The van der Waals surface area contributed by atoms with Crippen molar-refractivity contribution in [2.24, 2.45) is 0 Å². The van der Waals surface area contributed by atoms with E-state index in [1.165, 1.54) is 4.31 Å². The predicted octanol–water partition coefficient (Wildman–Crippen LogP) is 3.98. The maximum Gasteiger partial charge on any atom is 0.243 e. The van der Waals surface area contributed by atoms with E-state index in [1.54, 1.807) is 36.2 Å². The lowest BCUT2D eigenvalue weighted by molar-refractivity contribution is -0.131. The Kier molecular flexibility index (Phi) is 7.09. The van der Waals surface area contributed by atoms with E-state index in [1.807, 2.05) is 37.3 Å². The summed E-state index contributed by atoms with van der Waals surface area (Å²) in [7, 11) is -2.00. The quantitative estimate of drug-likeness (QED) is 0.689. The third-order valence-electron chi connectivity index (χ3n) is 5.59. The van der Waals surface area contributed by atoms with E-state index in [9.17, 15) is 13.2 Å². The van der Waals surface area contributed by atoms with Crippen molar-refractivity contribution in [1.29, 1.82) is 0 Å². The highest BCUT2D eigenvalue weighted by atomic mass is 32.2. The molecule has 0 bridgehead atoms. The molecule has 1 saturated carbocycles. The van der Waals surface area contributed by atoms with Crippen LogP contribution in [0.5, 0.6) is 0 Å². The first-order valence-electron chi connectivity index (χ1n) is 10.2. The van der Waals surface area contributed by atoms with Crippen LogP contribution in [-0.4, -0.2) is 43.2 Å². The van der Waals surface area contributed by atoms with E-state index in [-0.39, 0.29) is 23.4 Å². The fourth-order valence-electron chi connectivity index (χ4n) is 3.82. The Hall–Kier alpha value is -2.18. The summed E-state index contributed by atoms with van der Waals surface area (Å²) in [6.45, 7) is 2.27. The molecule has 5 nitrogen and oxygen atoms in total. The minimum Gasteiger partial charge on any atom is -0.340 e. The smallest absolute Gasteiger partial charge is 0.243 e. The van der Waals surface area contributed by atoms with Gasteiger partial charge in [0.1, 0.15) is 0 Å². The van der Waals surface area contributed by atoms with Gasteiger partial charge in [-0.15, -0.1) is 0 Å². The van der Waals surface area contributed by atoms with Crippen LogP contribution >= 0.6 is 0 Å². The van der Waals surface area contributed by atoms with Gasteiger partial charge in [-0.1, -0.05) is 67.3 Å². The summed E-state index contributed by atoms with van der Waals surface area (Å²) in [6.07, 6.45) is 4.73. The minimum atomic E-state index is -3.73. The molecule has 3 rings (SSSR count). The molecule has 0 unspecified atom stereocenters. The monoisotopic (exact) mass is 414 g/mol. The minimum absolute atomic E-state index is 0.121. The first-order chi connectivity index (χ1) is 13.9. The molecule has 0 aliphatic heterocycles. The lowest BCUT2D eigenvalue weighted by atomic mass is 9.95. The number of carbonyl (C=O) groups excluding carboxylic acids is 1. The van der Waals surface area contributed by atoms with E-state index in [4.69, 9.17) is 0 Å². The summed E-state index contributed by atoms with van der Waals surface area (Å²) in [5.74, 6) is -0.185. The van der Waals surface area contributed by atoms with Crippen molar-refractivity contribution in [1.82, 2.24) is 9.21 Å². The number of hydrogen-bond acceptors (Lipinski definition) is 3. The Morgan fingerprint density at radius 3 is 2.21 bits per heavy atom. The van der Waals surface area contributed by atoms with Crippen LogP contribution in [0.25, 0.3) is 0 Å². The molecule has 1 amide bonds.